The molecule has 1 aliphatic rings. The van der Waals surface area contributed by atoms with Crippen LogP contribution >= 0.6 is 0 Å². The average Bonchev–Trinajstić information content (AvgIpc) is 2.85. The van der Waals surface area contributed by atoms with Crippen molar-refractivity contribution in [1.82, 2.24) is 0 Å². The lowest BCUT2D eigenvalue weighted by Gasteiger charge is -2.22. The molecule has 0 saturated heterocycles. The lowest BCUT2D eigenvalue weighted by molar-refractivity contribution is -0.135. The third kappa shape index (κ3) is 3.02. The van der Waals surface area contributed by atoms with Crippen molar-refractivity contribution in [2.24, 2.45) is 0 Å². The molecule has 26 heavy (non-hydrogen) atoms. The second kappa shape index (κ2) is 7.14. The Bertz CT molecular complexity index is 843. The van der Waals surface area contributed by atoms with E-state index in [9.17, 15) is 14.7 Å². The molecule has 2 aromatic rings. The highest BCUT2D eigenvalue weighted by atomic mass is 16.5. The molecular formula is C21H21NO4. The standard InChI is InChI=1S/C21H21NO4/c1-3-13-22-18-8-6-5-7-17(18)21(25,20(22)24)14-19(23)15-9-11-16(12-10-15)26-4-2/h3,5-12,25H,1,4,13-14H2,2H3/t21-/m1/s1. The summed E-state index contributed by atoms with van der Waals surface area (Å²) in [5.74, 6) is -0.140. The molecule has 1 heterocycles. The summed E-state index contributed by atoms with van der Waals surface area (Å²) in [6, 6.07) is 13.7. The Balaban J connectivity index is 1.89. The zero-order chi connectivity index (χ0) is 18.7. The number of aliphatic hydroxyl groups is 1. The molecule has 1 N–H and O–H groups in total. The lowest BCUT2D eigenvalue weighted by atomic mass is 9.88. The number of carbonyl (C=O) groups excluding carboxylic acids is 2. The molecule has 1 aliphatic heterocycles. The van der Waals surface area contributed by atoms with E-state index >= 15 is 0 Å². The first-order valence-electron chi connectivity index (χ1n) is 8.52. The fourth-order valence-electron chi connectivity index (χ4n) is 3.23. The molecule has 0 unspecified atom stereocenters. The maximum atomic E-state index is 12.8. The summed E-state index contributed by atoms with van der Waals surface area (Å²) < 4.78 is 5.37. The summed E-state index contributed by atoms with van der Waals surface area (Å²) in [6.45, 7) is 6.35. The Morgan fingerprint density at radius 3 is 2.58 bits per heavy atom. The van der Waals surface area contributed by atoms with Crippen LogP contribution in [0, 0.1) is 0 Å². The largest absolute Gasteiger partial charge is 0.494 e. The second-order valence-corrected chi connectivity index (χ2v) is 6.14. The van der Waals surface area contributed by atoms with E-state index in [4.69, 9.17) is 4.74 Å². The van der Waals surface area contributed by atoms with Gasteiger partial charge in [0.15, 0.2) is 11.4 Å². The van der Waals surface area contributed by atoms with Crippen molar-refractivity contribution in [1.29, 1.82) is 0 Å². The summed E-state index contributed by atoms with van der Waals surface area (Å²) in [5.41, 5.74) is -0.380. The number of ether oxygens (including phenoxy) is 1. The molecule has 0 radical (unpaired) electrons. The third-order valence-corrected chi connectivity index (χ3v) is 4.45. The Hall–Kier alpha value is -2.92. The van der Waals surface area contributed by atoms with Crippen molar-refractivity contribution in [3.63, 3.8) is 0 Å². The first-order valence-corrected chi connectivity index (χ1v) is 8.52. The van der Waals surface area contributed by atoms with Gasteiger partial charge in [0, 0.05) is 17.7 Å². The predicted octanol–water partition coefficient (Wildman–Crippen LogP) is 3.08. The minimum atomic E-state index is -1.87. The summed E-state index contributed by atoms with van der Waals surface area (Å²) in [6.07, 6.45) is 1.28. The number of Topliss-reactive ketones (excluding diaryl/α,β-unsaturated/α-hetero) is 1. The highest BCUT2D eigenvalue weighted by molar-refractivity contribution is 6.10. The maximum absolute atomic E-state index is 12.8. The van der Waals surface area contributed by atoms with Gasteiger partial charge in [-0.15, -0.1) is 6.58 Å². The van der Waals surface area contributed by atoms with Gasteiger partial charge in [0.1, 0.15) is 5.75 Å². The Morgan fingerprint density at radius 2 is 1.92 bits per heavy atom. The average molecular weight is 351 g/mol. The Labute approximate surface area is 152 Å². The van der Waals surface area contributed by atoms with Crippen molar-refractivity contribution < 1.29 is 19.4 Å². The van der Waals surface area contributed by atoms with Gasteiger partial charge >= 0.3 is 0 Å². The number of carbonyl (C=O) groups is 2. The Morgan fingerprint density at radius 1 is 1.23 bits per heavy atom. The van der Waals surface area contributed by atoms with Crippen LogP contribution in [0.1, 0.15) is 29.3 Å². The first kappa shape index (κ1) is 17.9. The molecule has 5 nitrogen and oxygen atoms in total. The quantitative estimate of drug-likeness (QED) is 0.615. The monoisotopic (exact) mass is 351 g/mol. The molecule has 1 atom stereocenters. The molecule has 0 spiro atoms. The molecule has 0 aromatic heterocycles. The minimum absolute atomic E-state index is 0.273. The van der Waals surface area contributed by atoms with Crippen LogP contribution in [-0.2, 0) is 10.4 Å². The van der Waals surface area contributed by atoms with Crippen molar-refractivity contribution in [2.45, 2.75) is 18.9 Å². The van der Waals surface area contributed by atoms with Gasteiger partial charge in [0.25, 0.3) is 5.91 Å². The van der Waals surface area contributed by atoms with E-state index < -0.39 is 11.5 Å². The smallest absolute Gasteiger partial charge is 0.264 e. The Kier molecular flexibility index (Phi) is 4.91. The van der Waals surface area contributed by atoms with Crippen LogP contribution < -0.4 is 9.64 Å². The molecule has 5 heteroatoms. The molecule has 3 rings (SSSR count). The van der Waals surface area contributed by atoms with Crippen LogP contribution in [0.3, 0.4) is 0 Å². The fourth-order valence-corrected chi connectivity index (χ4v) is 3.23. The number of fused-ring (bicyclic) bond motifs is 1. The van der Waals surface area contributed by atoms with Crippen LogP contribution in [-0.4, -0.2) is 29.9 Å². The van der Waals surface area contributed by atoms with Crippen LogP contribution in [0.2, 0.25) is 0 Å². The van der Waals surface area contributed by atoms with E-state index in [1.807, 2.05) is 6.92 Å². The summed E-state index contributed by atoms with van der Waals surface area (Å²) >= 11 is 0. The molecule has 134 valence electrons. The van der Waals surface area contributed by atoms with E-state index in [1.165, 1.54) is 4.90 Å². The zero-order valence-corrected chi connectivity index (χ0v) is 14.6. The van der Waals surface area contributed by atoms with Gasteiger partial charge < -0.3 is 14.7 Å². The van der Waals surface area contributed by atoms with Gasteiger partial charge in [-0.3, -0.25) is 9.59 Å². The van der Waals surface area contributed by atoms with E-state index in [-0.39, 0.29) is 18.7 Å². The minimum Gasteiger partial charge on any atom is -0.494 e. The third-order valence-electron chi connectivity index (χ3n) is 4.45. The van der Waals surface area contributed by atoms with Gasteiger partial charge in [0.2, 0.25) is 0 Å². The van der Waals surface area contributed by atoms with Crippen LogP contribution in [0.15, 0.2) is 61.2 Å². The molecule has 1 amide bonds. The normalized spacial score (nSPS) is 18.5. The van der Waals surface area contributed by atoms with Gasteiger partial charge in [-0.2, -0.15) is 0 Å². The number of amides is 1. The van der Waals surface area contributed by atoms with Gasteiger partial charge in [0.05, 0.1) is 18.7 Å². The van der Waals surface area contributed by atoms with Crippen molar-refractivity contribution in [3.05, 3.63) is 72.3 Å². The van der Waals surface area contributed by atoms with Crippen LogP contribution in [0.5, 0.6) is 5.75 Å². The second-order valence-electron chi connectivity index (χ2n) is 6.14. The van der Waals surface area contributed by atoms with Crippen molar-refractivity contribution in [3.8, 4) is 5.75 Å². The topological polar surface area (TPSA) is 66.8 Å². The first-order chi connectivity index (χ1) is 12.5. The lowest BCUT2D eigenvalue weighted by Crippen LogP contribution is -2.41. The van der Waals surface area contributed by atoms with Gasteiger partial charge in [-0.1, -0.05) is 24.3 Å². The summed E-state index contributed by atoms with van der Waals surface area (Å²) in [7, 11) is 0. The number of anilines is 1. The molecule has 0 fully saturated rings. The summed E-state index contributed by atoms with van der Waals surface area (Å²) in [5, 5.41) is 11.1. The highest BCUT2D eigenvalue weighted by Crippen LogP contribution is 2.42. The predicted molar refractivity (Wildman–Crippen MR) is 99.4 cm³/mol. The van der Waals surface area contributed by atoms with E-state index in [2.05, 4.69) is 6.58 Å². The number of benzene rings is 2. The summed E-state index contributed by atoms with van der Waals surface area (Å²) in [4.78, 5) is 27.0. The highest BCUT2D eigenvalue weighted by Gasteiger charge is 2.50. The number of ketones is 1. The van der Waals surface area contributed by atoms with Crippen molar-refractivity contribution in [2.75, 3.05) is 18.1 Å². The van der Waals surface area contributed by atoms with E-state index in [0.717, 1.165) is 0 Å². The SMILES string of the molecule is C=CCN1C(=O)[C@@](O)(CC(=O)c2ccc(OCC)cc2)c2ccccc21. The maximum Gasteiger partial charge on any atom is 0.264 e. The number of para-hydroxylation sites is 1. The number of hydrogen-bond acceptors (Lipinski definition) is 4. The zero-order valence-electron chi connectivity index (χ0n) is 14.6. The number of hydrogen-bond donors (Lipinski definition) is 1. The molecule has 2 aromatic carbocycles. The molecular weight excluding hydrogens is 330 g/mol. The van der Waals surface area contributed by atoms with Gasteiger partial charge in [-0.05, 0) is 37.3 Å². The van der Waals surface area contributed by atoms with E-state index in [1.54, 1.807) is 54.6 Å². The molecule has 0 bridgehead atoms. The fraction of sp³-hybridized carbons (Fsp3) is 0.238. The molecule has 0 aliphatic carbocycles. The number of rotatable bonds is 7. The van der Waals surface area contributed by atoms with E-state index in [0.29, 0.717) is 29.2 Å². The van der Waals surface area contributed by atoms with Gasteiger partial charge in [-0.25, -0.2) is 0 Å². The molecule has 0 saturated carbocycles. The number of nitrogens with zero attached hydrogens (tertiary/aromatic N) is 1. The van der Waals surface area contributed by atoms with Crippen LogP contribution in [0.25, 0.3) is 0 Å². The van der Waals surface area contributed by atoms with Crippen molar-refractivity contribution >= 4 is 17.4 Å². The van der Waals surface area contributed by atoms with Crippen LogP contribution in [0.4, 0.5) is 5.69 Å².